The van der Waals surface area contributed by atoms with E-state index in [9.17, 15) is 22.9 Å². The Kier molecular flexibility index (Phi) is 5.60. The van der Waals surface area contributed by atoms with E-state index in [4.69, 9.17) is 5.73 Å². The van der Waals surface area contributed by atoms with Crippen LogP contribution in [0.2, 0.25) is 0 Å². The molecule has 22 heavy (non-hydrogen) atoms. The Morgan fingerprint density at radius 1 is 1.45 bits per heavy atom. The highest BCUT2D eigenvalue weighted by Gasteiger charge is 2.35. The topological polar surface area (TPSA) is 115 Å². The quantitative estimate of drug-likeness (QED) is 0.583. The maximum absolute atomic E-state index is 13.6. The van der Waals surface area contributed by atoms with E-state index in [1.54, 1.807) is 6.92 Å². The number of nitrogens with one attached hydrogen (secondary N) is 1. The molecule has 0 radical (unpaired) electrons. The standard InChI is InChI=1S/C13H20FN3O4S/c1-9(2)7-13(3,8-15)16-22(20,21)11-6-4-5-10(14)12(11)17(18)19/h4-6,9,16H,7-8,15H2,1-3H3. The molecule has 1 rings (SSSR count). The van der Waals surface area contributed by atoms with Crippen LogP contribution < -0.4 is 10.5 Å². The molecule has 1 atom stereocenters. The number of nitro benzene ring substituents is 1. The van der Waals surface area contributed by atoms with Gasteiger partial charge in [0.1, 0.15) is 0 Å². The predicted molar refractivity (Wildman–Crippen MR) is 80.3 cm³/mol. The molecule has 0 aliphatic rings. The first-order valence-electron chi connectivity index (χ1n) is 6.69. The average molecular weight is 333 g/mol. The Morgan fingerprint density at radius 3 is 2.50 bits per heavy atom. The second-order valence-electron chi connectivity index (χ2n) is 5.81. The van der Waals surface area contributed by atoms with Gasteiger partial charge in [0, 0.05) is 12.1 Å². The van der Waals surface area contributed by atoms with Crippen molar-refractivity contribution in [3.63, 3.8) is 0 Å². The van der Waals surface area contributed by atoms with Crippen molar-refractivity contribution in [2.45, 2.75) is 37.6 Å². The van der Waals surface area contributed by atoms with Crippen LogP contribution in [0.15, 0.2) is 23.1 Å². The zero-order valence-electron chi connectivity index (χ0n) is 12.7. The molecule has 0 aromatic heterocycles. The second kappa shape index (κ2) is 6.67. The number of rotatable bonds is 7. The summed E-state index contributed by atoms with van der Waals surface area (Å²) in [6, 6.07) is 2.95. The predicted octanol–water partition coefficient (Wildman–Crippen LogP) is 1.78. The van der Waals surface area contributed by atoms with E-state index < -0.39 is 36.9 Å². The van der Waals surface area contributed by atoms with Crippen LogP contribution in [0.1, 0.15) is 27.2 Å². The Bertz CT molecular complexity index is 663. The molecule has 1 unspecified atom stereocenters. The van der Waals surface area contributed by atoms with Gasteiger partial charge in [0.2, 0.25) is 15.8 Å². The van der Waals surface area contributed by atoms with Gasteiger partial charge in [-0.15, -0.1) is 0 Å². The van der Waals surface area contributed by atoms with E-state index in [0.29, 0.717) is 6.42 Å². The van der Waals surface area contributed by atoms with Crippen molar-refractivity contribution >= 4 is 15.7 Å². The number of nitro groups is 1. The van der Waals surface area contributed by atoms with Crippen LogP contribution in [0.5, 0.6) is 0 Å². The van der Waals surface area contributed by atoms with Gasteiger partial charge in [-0.1, -0.05) is 19.9 Å². The normalized spacial score (nSPS) is 14.8. The number of hydrogen-bond acceptors (Lipinski definition) is 5. The third kappa shape index (κ3) is 4.21. The molecular weight excluding hydrogens is 313 g/mol. The molecule has 0 fully saturated rings. The Hall–Kier alpha value is -1.58. The molecule has 0 spiro atoms. The van der Waals surface area contributed by atoms with Crippen molar-refractivity contribution in [1.29, 1.82) is 0 Å². The fraction of sp³-hybridized carbons (Fsp3) is 0.538. The van der Waals surface area contributed by atoms with Gasteiger partial charge < -0.3 is 5.73 Å². The fourth-order valence-corrected chi connectivity index (χ4v) is 3.95. The van der Waals surface area contributed by atoms with Crippen LogP contribution in [0, 0.1) is 21.8 Å². The number of nitrogens with zero attached hydrogens (tertiary/aromatic N) is 1. The van der Waals surface area contributed by atoms with Crippen LogP contribution in [0.25, 0.3) is 0 Å². The van der Waals surface area contributed by atoms with E-state index in [0.717, 1.165) is 18.2 Å². The lowest BCUT2D eigenvalue weighted by molar-refractivity contribution is -0.390. The molecule has 1 aromatic carbocycles. The van der Waals surface area contributed by atoms with Crippen molar-refractivity contribution in [3.05, 3.63) is 34.1 Å². The highest BCUT2D eigenvalue weighted by molar-refractivity contribution is 7.89. The summed E-state index contributed by atoms with van der Waals surface area (Å²) in [5.74, 6) is -1.05. The molecule has 3 N–H and O–H groups in total. The molecule has 9 heteroatoms. The molecule has 124 valence electrons. The van der Waals surface area contributed by atoms with Gasteiger partial charge in [0.05, 0.1) is 4.92 Å². The van der Waals surface area contributed by atoms with Gasteiger partial charge in [0.25, 0.3) is 0 Å². The Labute approximate surface area is 128 Å². The SMILES string of the molecule is CC(C)CC(C)(CN)NS(=O)(=O)c1cccc(F)c1[N+](=O)[O-]. The summed E-state index contributed by atoms with van der Waals surface area (Å²) < 4.78 is 40.8. The third-order valence-electron chi connectivity index (χ3n) is 3.11. The van der Waals surface area contributed by atoms with Crippen molar-refractivity contribution in [3.8, 4) is 0 Å². The van der Waals surface area contributed by atoms with Gasteiger partial charge >= 0.3 is 5.69 Å². The van der Waals surface area contributed by atoms with Crippen LogP contribution in [0.3, 0.4) is 0 Å². The monoisotopic (exact) mass is 333 g/mol. The molecule has 0 saturated carbocycles. The highest BCUT2D eigenvalue weighted by atomic mass is 32.2. The Balaban J connectivity index is 3.31. The van der Waals surface area contributed by atoms with Crippen molar-refractivity contribution < 1.29 is 17.7 Å². The molecule has 0 bridgehead atoms. The zero-order chi connectivity index (χ0) is 17.1. The molecule has 0 amide bonds. The van der Waals surface area contributed by atoms with Crippen molar-refractivity contribution in [2.75, 3.05) is 6.54 Å². The lowest BCUT2D eigenvalue weighted by Gasteiger charge is -2.30. The summed E-state index contributed by atoms with van der Waals surface area (Å²) in [7, 11) is -4.29. The molecule has 1 aromatic rings. The minimum atomic E-state index is -4.29. The van der Waals surface area contributed by atoms with Crippen LogP contribution in [-0.4, -0.2) is 25.4 Å². The Morgan fingerprint density at radius 2 is 2.05 bits per heavy atom. The van der Waals surface area contributed by atoms with E-state index in [-0.39, 0.29) is 12.5 Å². The average Bonchev–Trinajstić information content (AvgIpc) is 2.36. The summed E-state index contributed by atoms with van der Waals surface area (Å²) in [6.07, 6.45) is 0.436. The largest absolute Gasteiger partial charge is 0.329 e. The summed E-state index contributed by atoms with van der Waals surface area (Å²) >= 11 is 0. The van der Waals surface area contributed by atoms with Crippen LogP contribution in [-0.2, 0) is 10.0 Å². The van der Waals surface area contributed by atoms with Crippen LogP contribution in [0.4, 0.5) is 10.1 Å². The van der Waals surface area contributed by atoms with Gasteiger partial charge in [-0.3, -0.25) is 10.1 Å². The number of halogens is 1. The zero-order valence-corrected chi connectivity index (χ0v) is 13.5. The lowest BCUT2D eigenvalue weighted by Crippen LogP contribution is -2.52. The highest BCUT2D eigenvalue weighted by Crippen LogP contribution is 2.28. The smallest absolute Gasteiger partial charge is 0.324 e. The molecule has 0 aliphatic heterocycles. The third-order valence-corrected chi connectivity index (χ3v) is 4.78. The molecule has 7 nitrogen and oxygen atoms in total. The molecular formula is C13H20FN3O4S. The first-order valence-corrected chi connectivity index (χ1v) is 8.17. The van der Waals surface area contributed by atoms with Crippen molar-refractivity contribution in [2.24, 2.45) is 11.7 Å². The first kappa shape index (κ1) is 18.5. The molecule has 0 heterocycles. The first-order chi connectivity index (χ1) is 10.0. The summed E-state index contributed by atoms with van der Waals surface area (Å²) in [5, 5.41) is 11.0. The number of sulfonamides is 1. The van der Waals surface area contributed by atoms with E-state index in [2.05, 4.69) is 4.72 Å². The molecule has 0 aliphatic carbocycles. The van der Waals surface area contributed by atoms with E-state index >= 15 is 0 Å². The van der Waals surface area contributed by atoms with Crippen molar-refractivity contribution in [1.82, 2.24) is 4.72 Å². The second-order valence-corrected chi connectivity index (χ2v) is 7.46. The van der Waals surface area contributed by atoms with E-state index in [1.807, 2.05) is 13.8 Å². The molecule has 0 saturated heterocycles. The van der Waals surface area contributed by atoms with E-state index in [1.165, 1.54) is 0 Å². The van der Waals surface area contributed by atoms with Crippen LogP contribution >= 0.6 is 0 Å². The number of nitrogens with two attached hydrogens (primary N) is 1. The maximum atomic E-state index is 13.6. The lowest BCUT2D eigenvalue weighted by atomic mass is 9.92. The summed E-state index contributed by atoms with van der Waals surface area (Å²) in [6.45, 7) is 5.41. The number of para-hydroxylation sites is 1. The van der Waals surface area contributed by atoms with Gasteiger partial charge in [-0.05, 0) is 31.4 Å². The minimum absolute atomic E-state index is 0.00746. The fourth-order valence-electron chi connectivity index (χ4n) is 2.34. The van der Waals surface area contributed by atoms with Gasteiger partial charge in [0.15, 0.2) is 4.90 Å². The van der Waals surface area contributed by atoms with Gasteiger partial charge in [-0.2, -0.15) is 4.39 Å². The summed E-state index contributed by atoms with van der Waals surface area (Å²) in [4.78, 5) is 9.19. The summed E-state index contributed by atoms with van der Waals surface area (Å²) in [5.41, 5.74) is 3.58. The number of benzene rings is 1. The minimum Gasteiger partial charge on any atom is -0.329 e. The maximum Gasteiger partial charge on any atom is 0.324 e. The number of hydrogen-bond donors (Lipinski definition) is 2. The van der Waals surface area contributed by atoms with Gasteiger partial charge in [-0.25, -0.2) is 13.1 Å².